The highest BCUT2D eigenvalue weighted by Gasteiger charge is 2.42. The first-order chi connectivity index (χ1) is 13.7. The third-order valence-corrected chi connectivity index (χ3v) is 7.74. The van der Waals surface area contributed by atoms with Crippen LogP contribution in [0.4, 0.5) is 0 Å². The second kappa shape index (κ2) is 8.83. The molecule has 0 heterocycles. The first-order valence-electron chi connectivity index (χ1n) is 10.2. The van der Waals surface area contributed by atoms with E-state index in [0.717, 1.165) is 17.9 Å². The highest BCUT2D eigenvalue weighted by atomic mass is 32.2. The number of nitrogens with one attached hydrogen (secondary N) is 2. The molecule has 1 aromatic rings. The molecule has 7 nitrogen and oxygen atoms in total. The first-order valence-corrected chi connectivity index (χ1v) is 11.7. The zero-order valence-electron chi connectivity index (χ0n) is 17.2. The Morgan fingerprint density at radius 1 is 1.14 bits per heavy atom. The van der Waals surface area contributed by atoms with Crippen LogP contribution in [0.1, 0.15) is 45.1 Å². The van der Waals surface area contributed by atoms with Crippen LogP contribution in [0.3, 0.4) is 0 Å². The van der Waals surface area contributed by atoms with Crippen molar-refractivity contribution in [1.82, 2.24) is 10.0 Å². The lowest BCUT2D eigenvalue weighted by Gasteiger charge is -2.28. The van der Waals surface area contributed by atoms with Crippen molar-refractivity contribution in [3.63, 3.8) is 0 Å². The monoisotopic (exact) mass is 422 g/mol. The van der Waals surface area contributed by atoms with E-state index in [9.17, 15) is 18.0 Å². The van der Waals surface area contributed by atoms with E-state index in [1.807, 2.05) is 13.8 Å². The first kappa shape index (κ1) is 21.8. The average Bonchev–Trinajstić information content (AvgIpc) is 3.29. The summed E-state index contributed by atoms with van der Waals surface area (Å²) in [5.74, 6) is 0.831. The predicted octanol–water partition coefficient (Wildman–Crippen LogP) is 2.15. The molecule has 2 saturated carbocycles. The molecule has 0 saturated heterocycles. The lowest BCUT2D eigenvalue weighted by Crippen LogP contribution is -2.44. The molecular formula is C21H30N2O5S. The normalized spacial score (nSPS) is 25.4. The van der Waals surface area contributed by atoms with Crippen LogP contribution in [-0.4, -0.2) is 39.0 Å². The Hall–Kier alpha value is -1.93. The van der Waals surface area contributed by atoms with E-state index in [1.54, 1.807) is 12.1 Å². The predicted molar refractivity (Wildman–Crippen MR) is 108 cm³/mol. The molecule has 160 valence electrons. The minimum atomic E-state index is -3.85. The third-order valence-electron chi connectivity index (χ3n) is 6.19. The molecule has 2 aliphatic rings. The maximum Gasteiger partial charge on any atom is 0.324 e. The van der Waals surface area contributed by atoms with Gasteiger partial charge < -0.3 is 10.1 Å². The Morgan fingerprint density at radius 2 is 1.83 bits per heavy atom. The summed E-state index contributed by atoms with van der Waals surface area (Å²) in [6.45, 7) is 4.83. The van der Waals surface area contributed by atoms with Crippen LogP contribution in [0.5, 0.6) is 0 Å². The molecule has 0 aliphatic heterocycles. The standard InChI is InChI=1S/C21H30N2O5S/c1-13-4-8-18(9-5-13)29(26,27)23-15(3)21(25)28-12-20(24)22-14(2)19-11-16-6-7-17(19)10-16/h4-5,8-9,14-17,19,23H,6-7,10-12H2,1-3H3,(H,22,24)/t14?,15-,16?,17?,19?/m0/s1. The molecule has 4 unspecified atom stereocenters. The number of ether oxygens (including phenoxy) is 1. The van der Waals surface area contributed by atoms with E-state index in [2.05, 4.69) is 10.0 Å². The molecular weight excluding hydrogens is 392 g/mol. The maximum atomic E-state index is 12.4. The van der Waals surface area contributed by atoms with Gasteiger partial charge in [-0.2, -0.15) is 4.72 Å². The number of amides is 1. The molecule has 0 radical (unpaired) electrons. The molecule has 2 bridgehead atoms. The van der Waals surface area contributed by atoms with Crippen LogP contribution >= 0.6 is 0 Å². The summed E-state index contributed by atoms with van der Waals surface area (Å²) in [5.41, 5.74) is 0.932. The Kier molecular flexibility index (Phi) is 6.63. The number of aryl methyl sites for hydroxylation is 1. The van der Waals surface area contributed by atoms with Gasteiger partial charge in [-0.3, -0.25) is 9.59 Å². The van der Waals surface area contributed by atoms with Gasteiger partial charge in [-0.25, -0.2) is 8.42 Å². The molecule has 29 heavy (non-hydrogen) atoms. The number of benzene rings is 1. The van der Waals surface area contributed by atoms with Crippen LogP contribution in [0.2, 0.25) is 0 Å². The average molecular weight is 423 g/mol. The van der Waals surface area contributed by atoms with Crippen molar-refractivity contribution in [3.05, 3.63) is 29.8 Å². The van der Waals surface area contributed by atoms with Gasteiger partial charge in [0.05, 0.1) is 4.90 Å². The number of hydrogen-bond acceptors (Lipinski definition) is 5. The van der Waals surface area contributed by atoms with Gasteiger partial charge in [0.25, 0.3) is 5.91 Å². The Labute approximate surface area is 172 Å². The van der Waals surface area contributed by atoms with E-state index >= 15 is 0 Å². The summed E-state index contributed by atoms with van der Waals surface area (Å²) in [5, 5.41) is 2.93. The smallest absolute Gasteiger partial charge is 0.324 e. The fourth-order valence-electron chi connectivity index (χ4n) is 4.64. The molecule has 1 amide bonds. The summed E-state index contributed by atoms with van der Waals surface area (Å²) >= 11 is 0. The van der Waals surface area contributed by atoms with Crippen molar-refractivity contribution in [2.75, 3.05) is 6.61 Å². The molecule has 1 aromatic carbocycles. The molecule has 2 aliphatic carbocycles. The highest BCUT2D eigenvalue weighted by Crippen LogP contribution is 2.49. The molecule has 8 heteroatoms. The highest BCUT2D eigenvalue weighted by molar-refractivity contribution is 7.89. The molecule has 5 atom stereocenters. The largest absolute Gasteiger partial charge is 0.454 e. The fourth-order valence-corrected chi connectivity index (χ4v) is 5.83. The molecule has 0 spiro atoms. The van der Waals surface area contributed by atoms with Crippen molar-refractivity contribution < 1.29 is 22.7 Å². The SMILES string of the molecule is Cc1ccc(S(=O)(=O)N[C@@H](C)C(=O)OCC(=O)NC(C)C2CC3CCC2C3)cc1. The van der Waals surface area contributed by atoms with Crippen LogP contribution in [-0.2, 0) is 24.3 Å². The number of rotatable bonds is 8. The molecule has 3 rings (SSSR count). The van der Waals surface area contributed by atoms with Gasteiger partial charge in [0.1, 0.15) is 6.04 Å². The van der Waals surface area contributed by atoms with Crippen molar-refractivity contribution >= 4 is 21.9 Å². The molecule has 2 fully saturated rings. The van der Waals surface area contributed by atoms with Gasteiger partial charge in [0.2, 0.25) is 10.0 Å². The van der Waals surface area contributed by atoms with E-state index < -0.39 is 28.6 Å². The van der Waals surface area contributed by atoms with Gasteiger partial charge in [0.15, 0.2) is 6.61 Å². The van der Waals surface area contributed by atoms with Gasteiger partial charge in [-0.15, -0.1) is 0 Å². The molecule has 0 aromatic heterocycles. The topological polar surface area (TPSA) is 102 Å². The van der Waals surface area contributed by atoms with Crippen LogP contribution < -0.4 is 10.0 Å². The minimum absolute atomic E-state index is 0.0500. The zero-order chi connectivity index (χ0) is 21.2. The van der Waals surface area contributed by atoms with E-state index in [0.29, 0.717) is 11.8 Å². The summed E-state index contributed by atoms with van der Waals surface area (Å²) < 4.78 is 32.0. The number of hydrogen-bond donors (Lipinski definition) is 2. The lowest BCUT2D eigenvalue weighted by molar-refractivity contribution is -0.150. The van der Waals surface area contributed by atoms with Gasteiger partial charge >= 0.3 is 5.97 Å². The summed E-state index contributed by atoms with van der Waals surface area (Å²) in [6, 6.07) is 5.25. The number of sulfonamides is 1. The second-order valence-electron chi connectivity index (χ2n) is 8.46. The molecule has 2 N–H and O–H groups in total. The van der Waals surface area contributed by atoms with Crippen molar-refractivity contribution in [2.45, 2.75) is 63.4 Å². The van der Waals surface area contributed by atoms with Gasteiger partial charge in [0, 0.05) is 6.04 Å². The van der Waals surface area contributed by atoms with Crippen LogP contribution in [0.15, 0.2) is 29.2 Å². The number of esters is 1. The Morgan fingerprint density at radius 3 is 2.41 bits per heavy atom. The summed E-state index contributed by atoms with van der Waals surface area (Å²) in [7, 11) is -3.85. The van der Waals surface area contributed by atoms with E-state index in [-0.39, 0.29) is 16.8 Å². The lowest BCUT2D eigenvalue weighted by atomic mass is 9.84. The maximum absolute atomic E-state index is 12.4. The quantitative estimate of drug-likeness (QED) is 0.625. The van der Waals surface area contributed by atoms with E-state index in [1.165, 1.54) is 38.3 Å². The van der Waals surface area contributed by atoms with Gasteiger partial charge in [-0.1, -0.05) is 24.1 Å². The zero-order valence-corrected chi connectivity index (χ0v) is 18.0. The number of carbonyl (C=O) groups excluding carboxylic acids is 2. The minimum Gasteiger partial charge on any atom is -0.454 e. The van der Waals surface area contributed by atoms with Crippen molar-refractivity contribution in [1.29, 1.82) is 0 Å². The fraction of sp³-hybridized carbons (Fsp3) is 0.619. The third kappa shape index (κ3) is 5.36. The summed E-state index contributed by atoms with van der Waals surface area (Å²) in [4.78, 5) is 24.4. The van der Waals surface area contributed by atoms with Crippen LogP contribution in [0, 0.1) is 24.7 Å². The number of fused-ring (bicyclic) bond motifs is 2. The van der Waals surface area contributed by atoms with Gasteiger partial charge in [-0.05, 0) is 69.9 Å². The van der Waals surface area contributed by atoms with Crippen molar-refractivity contribution in [2.24, 2.45) is 17.8 Å². The van der Waals surface area contributed by atoms with Crippen molar-refractivity contribution in [3.8, 4) is 0 Å². The van der Waals surface area contributed by atoms with Crippen LogP contribution in [0.25, 0.3) is 0 Å². The Bertz CT molecular complexity index is 852. The Balaban J connectivity index is 1.44. The second-order valence-corrected chi connectivity index (χ2v) is 10.2. The van der Waals surface area contributed by atoms with E-state index in [4.69, 9.17) is 4.74 Å². The summed E-state index contributed by atoms with van der Waals surface area (Å²) in [6.07, 6.45) is 4.96. The number of carbonyl (C=O) groups is 2.